The standard InChI is InChI=1S/C15H18N2O4.C11H11NO2.C10H18O5/c1-15(2,3)21-14(20)17-12(13(18)19)8-10-5-4-6-11(7-10)9-16;1-8(11(13)14)6-9-4-3-5-10(7-9)12-2;1-9(2,3)14-7(11)13-8(12)15-10(4,5)6/h4-7,12H,8H2,1-3H3,(H,17,20)(H,18,19);3-5,7-8H,6H2,1H3,(H,13,14);1-6H3/t12-;8-;/m00./s1. The van der Waals surface area contributed by atoms with E-state index >= 15 is 0 Å². The molecule has 14 heteroatoms. The average molecular weight is 698 g/mol. The normalized spacial score (nSPS) is 11.9. The van der Waals surface area contributed by atoms with Crippen molar-refractivity contribution in [2.45, 2.75) is 105 Å². The summed E-state index contributed by atoms with van der Waals surface area (Å²) in [5, 5.41) is 29.0. The highest BCUT2D eigenvalue weighted by atomic mass is 16.8. The number of nitriles is 1. The second kappa shape index (κ2) is 20.0. The summed E-state index contributed by atoms with van der Waals surface area (Å²) >= 11 is 0. The molecule has 0 bridgehead atoms. The summed E-state index contributed by atoms with van der Waals surface area (Å²) in [7, 11) is 0. The number of nitrogens with zero attached hydrogens (tertiary/aromatic N) is 2. The van der Waals surface area contributed by atoms with Crippen LogP contribution in [0.5, 0.6) is 0 Å². The number of carboxylic acids is 2. The average Bonchev–Trinajstić information content (AvgIpc) is 2.94. The second-order valence-corrected chi connectivity index (χ2v) is 13.8. The van der Waals surface area contributed by atoms with Crippen molar-refractivity contribution in [1.29, 1.82) is 5.26 Å². The molecule has 50 heavy (non-hydrogen) atoms. The highest BCUT2D eigenvalue weighted by Crippen LogP contribution is 2.17. The Balaban J connectivity index is 0.000000741. The maximum absolute atomic E-state index is 11.6. The van der Waals surface area contributed by atoms with Crippen molar-refractivity contribution in [3.8, 4) is 6.07 Å². The zero-order chi connectivity index (χ0) is 38.9. The lowest BCUT2D eigenvalue weighted by atomic mass is 10.0. The molecule has 2 aromatic rings. The van der Waals surface area contributed by atoms with Gasteiger partial charge in [-0.15, -0.1) is 0 Å². The highest BCUT2D eigenvalue weighted by molar-refractivity contribution is 5.80. The topological polar surface area (TPSA) is 203 Å². The fourth-order valence-corrected chi connectivity index (χ4v) is 3.46. The Hall–Kier alpha value is -5.63. The van der Waals surface area contributed by atoms with Gasteiger partial charge in [0.2, 0.25) is 0 Å². The van der Waals surface area contributed by atoms with Gasteiger partial charge in [0.1, 0.15) is 22.8 Å². The molecule has 2 aromatic carbocycles. The van der Waals surface area contributed by atoms with Crippen molar-refractivity contribution >= 4 is 36.0 Å². The molecule has 1 amide bonds. The van der Waals surface area contributed by atoms with Crippen LogP contribution in [0.25, 0.3) is 4.85 Å². The molecule has 2 atom stereocenters. The second-order valence-electron chi connectivity index (χ2n) is 13.8. The van der Waals surface area contributed by atoms with Crippen molar-refractivity contribution in [2.24, 2.45) is 5.92 Å². The van der Waals surface area contributed by atoms with Gasteiger partial charge < -0.3 is 34.5 Å². The van der Waals surface area contributed by atoms with Crippen molar-refractivity contribution in [2.75, 3.05) is 0 Å². The number of carbonyl (C=O) groups is 5. The van der Waals surface area contributed by atoms with Gasteiger partial charge in [-0.05, 0) is 86.4 Å². The molecular formula is C36H47N3O11. The lowest BCUT2D eigenvalue weighted by molar-refractivity contribution is -0.141. The fraction of sp³-hybridized carbons (Fsp3) is 0.472. The number of rotatable bonds is 7. The maximum atomic E-state index is 11.6. The van der Waals surface area contributed by atoms with E-state index in [-0.39, 0.29) is 6.42 Å². The van der Waals surface area contributed by atoms with Gasteiger partial charge in [0.05, 0.1) is 24.1 Å². The molecule has 2 rings (SSSR count). The summed E-state index contributed by atoms with van der Waals surface area (Å²) in [5.74, 6) is -2.38. The Kier molecular flexibility index (Phi) is 17.8. The first kappa shape index (κ1) is 44.4. The molecule has 0 saturated heterocycles. The number of aliphatic carboxylic acids is 2. The molecule has 0 aliphatic heterocycles. The molecule has 3 N–H and O–H groups in total. The maximum Gasteiger partial charge on any atom is 0.519 e. The summed E-state index contributed by atoms with van der Waals surface area (Å²) in [6.07, 6.45) is -2.36. The van der Waals surface area contributed by atoms with Crippen molar-refractivity contribution in [3.63, 3.8) is 0 Å². The van der Waals surface area contributed by atoms with Gasteiger partial charge in [-0.25, -0.2) is 24.0 Å². The van der Waals surface area contributed by atoms with Crippen LogP contribution in [0.15, 0.2) is 48.5 Å². The van der Waals surface area contributed by atoms with Crippen LogP contribution in [0.4, 0.5) is 20.1 Å². The minimum atomic E-state index is -1.16. The number of hydrogen-bond acceptors (Lipinski definition) is 10. The molecule has 0 heterocycles. The van der Waals surface area contributed by atoms with Gasteiger partial charge in [-0.2, -0.15) is 5.26 Å². The van der Waals surface area contributed by atoms with E-state index in [1.165, 1.54) is 0 Å². The number of carbonyl (C=O) groups excluding carboxylic acids is 3. The molecule has 0 saturated carbocycles. The first-order valence-electron chi connectivity index (χ1n) is 15.4. The Morgan fingerprint density at radius 3 is 1.68 bits per heavy atom. The molecule has 0 fully saturated rings. The Morgan fingerprint density at radius 1 is 0.780 bits per heavy atom. The van der Waals surface area contributed by atoms with Crippen LogP contribution in [0.2, 0.25) is 0 Å². The largest absolute Gasteiger partial charge is 0.519 e. The zero-order valence-electron chi connectivity index (χ0n) is 30.2. The van der Waals surface area contributed by atoms with Crippen LogP contribution in [-0.2, 0) is 41.4 Å². The lowest BCUT2D eigenvalue weighted by Gasteiger charge is -2.22. The number of alkyl carbamates (subject to hydrolysis) is 1. The third-order valence-electron chi connectivity index (χ3n) is 5.43. The van der Waals surface area contributed by atoms with Crippen molar-refractivity contribution in [1.82, 2.24) is 5.32 Å². The number of amides is 1. The van der Waals surface area contributed by atoms with Crippen LogP contribution in [0, 0.1) is 23.8 Å². The third-order valence-corrected chi connectivity index (χ3v) is 5.43. The van der Waals surface area contributed by atoms with E-state index in [4.69, 9.17) is 31.2 Å². The number of carboxylic acid groups (broad SMARTS) is 2. The molecule has 272 valence electrons. The van der Waals surface area contributed by atoms with E-state index in [0.29, 0.717) is 23.2 Å². The number of nitrogens with one attached hydrogen (secondary N) is 1. The first-order chi connectivity index (χ1) is 22.8. The van der Waals surface area contributed by atoms with Gasteiger partial charge >= 0.3 is 30.3 Å². The first-order valence-corrected chi connectivity index (χ1v) is 15.4. The summed E-state index contributed by atoms with van der Waals surface area (Å²) in [5.41, 5.74) is 0.450. The molecule has 0 aromatic heterocycles. The van der Waals surface area contributed by atoms with E-state index < -0.39 is 59.1 Å². The molecule has 0 spiro atoms. The van der Waals surface area contributed by atoms with Gasteiger partial charge in [-0.3, -0.25) is 4.79 Å². The SMILES string of the molecule is CC(C)(C)OC(=O)N[C@@H](Cc1cccc(C#N)c1)C(=O)O.CC(C)(C)OC(=O)OC(=O)OC(C)(C)C.[C-]#[N+]c1cccc(C[C@H](C)C(=O)O)c1. The quantitative estimate of drug-likeness (QED) is 0.112. The van der Waals surface area contributed by atoms with Gasteiger partial charge in [0.15, 0.2) is 5.69 Å². The molecule has 14 nitrogen and oxygen atoms in total. The fourth-order valence-electron chi connectivity index (χ4n) is 3.46. The zero-order valence-corrected chi connectivity index (χ0v) is 30.2. The van der Waals surface area contributed by atoms with Gasteiger partial charge in [-0.1, -0.05) is 48.9 Å². The summed E-state index contributed by atoms with van der Waals surface area (Å²) in [6, 6.07) is 14.5. The summed E-state index contributed by atoms with van der Waals surface area (Å²) < 4.78 is 18.8. The van der Waals surface area contributed by atoms with Crippen LogP contribution in [0.1, 0.15) is 85.9 Å². The lowest BCUT2D eigenvalue weighted by Crippen LogP contribution is -2.44. The molecule has 0 aliphatic rings. The van der Waals surface area contributed by atoms with E-state index in [1.807, 2.05) is 12.1 Å². The van der Waals surface area contributed by atoms with Crippen LogP contribution in [0.3, 0.4) is 0 Å². The molecule has 0 aliphatic carbocycles. The van der Waals surface area contributed by atoms with Crippen molar-refractivity contribution < 1.29 is 53.1 Å². The summed E-state index contributed by atoms with van der Waals surface area (Å²) in [4.78, 5) is 58.8. The van der Waals surface area contributed by atoms with Crippen molar-refractivity contribution in [3.05, 3.63) is 76.6 Å². The van der Waals surface area contributed by atoms with Gasteiger partial charge in [0.25, 0.3) is 0 Å². The minimum absolute atomic E-state index is 0.0735. The number of hydrogen-bond donors (Lipinski definition) is 3. The van der Waals surface area contributed by atoms with E-state index in [0.717, 1.165) is 5.56 Å². The van der Waals surface area contributed by atoms with E-state index in [1.54, 1.807) is 112 Å². The van der Waals surface area contributed by atoms with E-state index in [9.17, 15) is 29.1 Å². The predicted octanol–water partition coefficient (Wildman–Crippen LogP) is 7.45. The Bertz CT molecular complexity index is 1530. The van der Waals surface area contributed by atoms with Crippen LogP contribution < -0.4 is 5.32 Å². The minimum Gasteiger partial charge on any atom is -0.481 e. The van der Waals surface area contributed by atoms with Crippen LogP contribution in [-0.4, -0.2) is 63.4 Å². The molecule has 0 unspecified atom stereocenters. The number of ether oxygens (including phenoxy) is 4. The molecular weight excluding hydrogens is 650 g/mol. The Morgan fingerprint density at radius 2 is 1.26 bits per heavy atom. The van der Waals surface area contributed by atoms with Gasteiger partial charge in [0, 0.05) is 6.42 Å². The predicted molar refractivity (Wildman–Crippen MR) is 182 cm³/mol. The summed E-state index contributed by atoms with van der Waals surface area (Å²) in [6.45, 7) is 23.6. The molecule has 0 radical (unpaired) electrons. The number of benzene rings is 2. The highest BCUT2D eigenvalue weighted by Gasteiger charge is 2.25. The van der Waals surface area contributed by atoms with Crippen LogP contribution >= 0.6 is 0 Å². The monoisotopic (exact) mass is 697 g/mol. The van der Waals surface area contributed by atoms with E-state index in [2.05, 4.69) is 14.9 Å². The smallest absolute Gasteiger partial charge is 0.481 e. The third kappa shape index (κ3) is 22.0. The Labute approximate surface area is 293 Å².